The molecule has 0 aliphatic carbocycles. The van der Waals surface area contributed by atoms with Gasteiger partial charge in [0.1, 0.15) is 11.9 Å². The lowest BCUT2D eigenvalue weighted by atomic mass is 9.77. The van der Waals surface area contributed by atoms with E-state index in [1.807, 2.05) is 29.3 Å². The van der Waals surface area contributed by atoms with Gasteiger partial charge >= 0.3 is 0 Å². The molecule has 294 valence electrons. The second kappa shape index (κ2) is 14.6. The van der Waals surface area contributed by atoms with Crippen LogP contribution in [0.4, 0.5) is 17.2 Å². The van der Waals surface area contributed by atoms with Crippen molar-refractivity contribution < 1.29 is 24.0 Å². The standard InChI is InChI=1S/C43H45ClN8O5/c1-26-20-43(25-51(26)31-4-5-35(45-2)34(44)19-31)11-15-49(16-12-43)37-7-3-27(21-46-37)22-48-13-9-28(10-14-48)40(55)50-23-29-17-32-33(18-30(29)24-50)42(57)52(41(32)56)36-6-8-38(53)47-39(36)54/h3-5,7,17-19,21,26,28,36H,6,8-16,20,22-25H2,1H3,(H,47,53,54)/t26-,36?/m0/s1. The first kappa shape index (κ1) is 37.3. The number of likely N-dealkylation sites (tertiary alicyclic amines) is 1. The molecule has 1 N–H and O–H groups in total. The molecular formula is C43H45ClN8O5. The summed E-state index contributed by atoms with van der Waals surface area (Å²) in [5.74, 6) is -1.08. The first-order chi connectivity index (χ1) is 27.5. The van der Waals surface area contributed by atoms with Crippen LogP contribution in [0, 0.1) is 17.9 Å². The van der Waals surface area contributed by atoms with Gasteiger partial charge in [-0.05, 0) is 111 Å². The van der Waals surface area contributed by atoms with Crippen molar-refractivity contribution in [2.45, 2.75) is 83.6 Å². The number of hydrogen-bond acceptors (Lipinski definition) is 9. The molecule has 0 bridgehead atoms. The fourth-order valence-corrected chi connectivity index (χ4v) is 10.3. The Kier molecular flexibility index (Phi) is 9.52. The van der Waals surface area contributed by atoms with Crippen molar-refractivity contribution in [1.82, 2.24) is 25.0 Å². The lowest BCUT2D eigenvalue weighted by Crippen LogP contribution is -2.54. The molecule has 7 heterocycles. The second-order valence-corrected chi connectivity index (χ2v) is 17.2. The summed E-state index contributed by atoms with van der Waals surface area (Å²) in [5.41, 5.74) is 5.19. The van der Waals surface area contributed by atoms with E-state index in [9.17, 15) is 24.0 Å². The maximum Gasteiger partial charge on any atom is 0.262 e. The van der Waals surface area contributed by atoms with Gasteiger partial charge in [-0.25, -0.2) is 9.83 Å². The van der Waals surface area contributed by atoms with E-state index >= 15 is 0 Å². The number of benzene rings is 2. The number of amides is 5. The zero-order valence-electron chi connectivity index (χ0n) is 32.0. The van der Waals surface area contributed by atoms with Crippen LogP contribution in [0.25, 0.3) is 4.85 Å². The summed E-state index contributed by atoms with van der Waals surface area (Å²) in [6.07, 6.45) is 7.05. The molecular weight excluding hydrogens is 744 g/mol. The SMILES string of the molecule is [C-]#[N+]c1ccc(N2CC3(CCN(c4ccc(CN5CCC(C(=O)N6Cc7cc8c(cc7C6)C(=O)N(C6CCC(=O)NC6=O)C8=O)CC5)cn4)CC3)C[C@@H]2C)cc1Cl. The molecule has 4 fully saturated rings. The fraction of sp³-hybridized carbons (Fsp3) is 0.465. The third-order valence-electron chi connectivity index (χ3n) is 13.2. The van der Waals surface area contributed by atoms with Crippen molar-refractivity contribution in [3.8, 4) is 0 Å². The van der Waals surface area contributed by atoms with Crippen LogP contribution in [0.2, 0.25) is 5.02 Å². The first-order valence-corrected chi connectivity index (χ1v) is 20.4. The Morgan fingerprint density at radius 2 is 1.65 bits per heavy atom. The summed E-state index contributed by atoms with van der Waals surface area (Å²) < 4.78 is 0. The summed E-state index contributed by atoms with van der Waals surface area (Å²) in [5, 5.41) is 2.74. The van der Waals surface area contributed by atoms with E-state index in [1.54, 1.807) is 12.1 Å². The number of carbonyl (C=O) groups is 5. The second-order valence-electron chi connectivity index (χ2n) is 16.8. The monoisotopic (exact) mass is 788 g/mol. The van der Waals surface area contributed by atoms with Crippen LogP contribution in [-0.4, -0.2) is 94.0 Å². The van der Waals surface area contributed by atoms with Crippen LogP contribution in [0.1, 0.15) is 89.3 Å². The van der Waals surface area contributed by atoms with Crippen molar-refractivity contribution in [3.05, 3.63) is 92.9 Å². The highest BCUT2D eigenvalue weighted by molar-refractivity contribution is 6.33. The van der Waals surface area contributed by atoms with Gasteiger partial charge in [0.2, 0.25) is 23.4 Å². The lowest BCUT2D eigenvalue weighted by molar-refractivity contribution is -0.138. The van der Waals surface area contributed by atoms with Gasteiger partial charge in [-0.2, -0.15) is 0 Å². The number of carbonyl (C=O) groups excluding carboxylic acids is 5. The predicted octanol–water partition coefficient (Wildman–Crippen LogP) is 5.33. The van der Waals surface area contributed by atoms with Crippen molar-refractivity contribution >= 4 is 58.3 Å². The molecule has 3 aromatic rings. The number of nitrogens with zero attached hydrogens (tertiary/aromatic N) is 7. The molecule has 1 spiro atoms. The Morgan fingerprint density at radius 3 is 2.26 bits per heavy atom. The van der Waals surface area contributed by atoms with Crippen molar-refractivity contribution in [1.29, 1.82) is 0 Å². The number of anilines is 2. The van der Waals surface area contributed by atoms with Gasteiger partial charge in [-0.3, -0.25) is 39.1 Å². The van der Waals surface area contributed by atoms with Crippen molar-refractivity contribution in [2.75, 3.05) is 42.5 Å². The zero-order chi connectivity index (χ0) is 39.6. The smallest absolute Gasteiger partial charge is 0.262 e. The van der Waals surface area contributed by atoms with Gasteiger partial charge in [-0.15, -0.1) is 0 Å². The van der Waals surface area contributed by atoms with Gasteiger partial charge in [0.25, 0.3) is 11.8 Å². The first-order valence-electron chi connectivity index (χ1n) is 20.0. The maximum absolute atomic E-state index is 13.7. The summed E-state index contributed by atoms with van der Waals surface area (Å²) in [6.45, 7) is 15.7. The van der Waals surface area contributed by atoms with E-state index in [-0.39, 0.29) is 41.2 Å². The Hall–Kier alpha value is -5.32. The van der Waals surface area contributed by atoms with Gasteiger partial charge < -0.3 is 14.7 Å². The van der Waals surface area contributed by atoms with E-state index in [1.165, 1.54) is 0 Å². The Labute approximate surface area is 336 Å². The molecule has 1 unspecified atom stereocenters. The maximum atomic E-state index is 13.7. The minimum absolute atomic E-state index is 0.0717. The third kappa shape index (κ3) is 6.82. The molecule has 0 radical (unpaired) electrons. The predicted molar refractivity (Wildman–Crippen MR) is 213 cm³/mol. The number of imide groups is 2. The number of hydrogen-bond donors (Lipinski definition) is 1. The number of nitrogens with one attached hydrogen (secondary N) is 1. The normalized spacial score (nSPS) is 23.6. The molecule has 13 nitrogen and oxygen atoms in total. The van der Waals surface area contributed by atoms with Gasteiger partial charge in [0, 0.05) is 74.6 Å². The highest BCUT2D eigenvalue weighted by Gasteiger charge is 2.46. The van der Waals surface area contributed by atoms with Gasteiger partial charge in [0.05, 0.1) is 17.7 Å². The molecule has 5 amide bonds. The zero-order valence-corrected chi connectivity index (χ0v) is 32.8. The summed E-state index contributed by atoms with van der Waals surface area (Å²) in [6, 6.07) is 12.9. The minimum Gasteiger partial charge on any atom is -0.368 e. The quantitative estimate of drug-likeness (QED) is 0.261. The van der Waals surface area contributed by atoms with Gasteiger partial charge in [0.15, 0.2) is 0 Å². The van der Waals surface area contributed by atoms with Crippen LogP contribution >= 0.6 is 11.6 Å². The van der Waals surface area contributed by atoms with E-state index in [0.29, 0.717) is 29.8 Å². The molecule has 14 heteroatoms. The van der Waals surface area contributed by atoms with Crippen LogP contribution in [0.15, 0.2) is 48.7 Å². The largest absolute Gasteiger partial charge is 0.368 e. The van der Waals surface area contributed by atoms with Crippen molar-refractivity contribution in [3.63, 3.8) is 0 Å². The van der Waals surface area contributed by atoms with Crippen LogP contribution in [0.5, 0.6) is 0 Å². The van der Waals surface area contributed by atoms with E-state index in [4.69, 9.17) is 23.2 Å². The molecule has 2 aromatic carbocycles. The van der Waals surface area contributed by atoms with Crippen LogP contribution < -0.4 is 15.1 Å². The number of fused-ring (bicyclic) bond motifs is 2. The molecule has 4 saturated heterocycles. The summed E-state index contributed by atoms with van der Waals surface area (Å²) in [4.78, 5) is 82.8. The molecule has 2 atom stereocenters. The van der Waals surface area contributed by atoms with Gasteiger partial charge in [-0.1, -0.05) is 23.7 Å². The Morgan fingerprint density at radius 1 is 0.947 bits per heavy atom. The molecule has 0 saturated carbocycles. The molecule has 57 heavy (non-hydrogen) atoms. The summed E-state index contributed by atoms with van der Waals surface area (Å²) in [7, 11) is 0. The topological polar surface area (TPSA) is 131 Å². The third-order valence-corrected chi connectivity index (χ3v) is 13.5. The van der Waals surface area contributed by atoms with Crippen LogP contribution in [-0.2, 0) is 34.0 Å². The molecule has 9 rings (SSSR count). The fourth-order valence-electron chi connectivity index (χ4n) is 10.1. The highest BCUT2D eigenvalue weighted by Crippen LogP contribution is 2.46. The summed E-state index contributed by atoms with van der Waals surface area (Å²) >= 11 is 6.38. The number of rotatable bonds is 6. The lowest BCUT2D eigenvalue weighted by Gasteiger charge is -2.40. The molecule has 6 aliphatic heterocycles. The van der Waals surface area contributed by atoms with E-state index in [2.05, 4.69) is 43.9 Å². The number of halogens is 1. The Bertz CT molecular complexity index is 2180. The van der Waals surface area contributed by atoms with Crippen LogP contribution in [0.3, 0.4) is 0 Å². The number of piperidine rings is 3. The molecule has 1 aromatic heterocycles. The minimum atomic E-state index is -1.00. The Balaban J connectivity index is 0.744. The average Bonchev–Trinajstić information content (AvgIpc) is 3.85. The number of aromatic nitrogens is 1. The average molecular weight is 789 g/mol. The van der Waals surface area contributed by atoms with E-state index < -0.39 is 29.7 Å². The van der Waals surface area contributed by atoms with Crippen molar-refractivity contribution in [2.24, 2.45) is 11.3 Å². The highest BCUT2D eigenvalue weighted by atomic mass is 35.5. The number of pyridine rings is 1. The molecule has 6 aliphatic rings. The van der Waals surface area contributed by atoms with E-state index in [0.717, 1.165) is 104 Å².